The van der Waals surface area contributed by atoms with Gasteiger partial charge >= 0.3 is 11.8 Å². The molecule has 0 aromatic carbocycles. The highest BCUT2D eigenvalue weighted by molar-refractivity contribution is 5.63. The van der Waals surface area contributed by atoms with E-state index in [-0.39, 0.29) is 23.2 Å². The monoisotopic (exact) mass is 238 g/mol. The zero-order valence-electron chi connectivity index (χ0n) is 7.84. The molecule has 0 bridgehead atoms. The lowest BCUT2D eigenvalue weighted by Gasteiger charge is -1.85. The number of hydrogen-bond donors (Lipinski definition) is 1. The average Bonchev–Trinajstić information content (AvgIpc) is 2.91. The Morgan fingerprint density at radius 2 is 2.18 bits per heavy atom. The summed E-state index contributed by atoms with van der Waals surface area (Å²) in [6, 6.07) is 0. The van der Waals surface area contributed by atoms with Crippen LogP contribution in [0.1, 0.15) is 0 Å². The van der Waals surface area contributed by atoms with E-state index >= 15 is 0 Å². The van der Waals surface area contributed by atoms with Crippen molar-refractivity contribution in [2.45, 2.75) is 0 Å². The second-order valence-electron chi connectivity index (χ2n) is 2.87. The van der Waals surface area contributed by atoms with E-state index < -0.39 is 10.9 Å². The fourth-order valence-electron chi connectivity index (χ4n) is 1.18. The van der Waals surface area contributed by atoms with Gasteiger partial charge in [0.2, 0.25) is 11.5 Å². The molecule has 0 radical (unpaired) electrons. The molecule has 17 heavy (non-hydrogen) atoms. The Hall–Kier alpha value is -3.05. The normalized spacial score (nSPS) is 11.1. The van der Waals surface area contributed by atoms with Crippen molar-refractivity contribution in [2.75, 3.05) is 5.73 Å². The molecule has 3 aromatic heterocycles. The first kappa shape index (κ1) is 9.20. The Labute approximate surface area is 90.1 Å². The summed E-state index contributed by atoms with van der Waals surface area (Å²) in [5.74, 6) is -0.811. The van der Waals surface area contributed by atoms with E-state index in [1.54, 1.807) is 0 Å². The third-order valence-electron chi connectivity index (χ3n) is 1.87. The highest BCUT2D eigenvalue weighted by Crippen LogP contribution is 2.21. The topological polar surface area (TPSA) is 164 Å². The van der Waals surface area contributed by atoms with Crippen molar-refractivity contribution in [2.24, 2.45) is 0 Å². The summed E-state index contributed by atoms with van der Waals surface area (Å²) in [4.78, 5) is 13.2. The molecule has 0 aliphatic rings. The standard InChI is InChI=1S/C5H2N8O4/c6-2-1(9-17-10-2)3-11-16-5-7-4(13(14)15)8-12(3)5/h(H2,6,10). The van der Waals surface area contributed by atoms with Gasteiger partial charge in [0.05, 0.1) is 0 Å². The molecule has 0 aliphatic carbocycles. The number of nitrogens with zero attached hydrogens (tertiary/aromatic N) is 7. The van der Waals surface area contributed by atoms with Crippen molar-refractivity contribution >= 4 is 17.6 Å². The van der Waals surface area contributed by atoms with E-state index in [0.717, 1.165) is 4.52 Å². The van der Waals surface area contributed by atoms with E-state index in [1.165, 1.54) is 0 Å². The van der Waals surface area contributed by atoms with Gasteiger partial charge in [0.25, 0.3) is 0 Å². The first-order valence-electron chi connectivity index (χ1n) is 4.12. The van der Waals surface area contributed by atoms with Gasteiger partial charge in [-0.3, -0.25) is 4.52 Å². The van der Waals surface area contributed by atoms with E-state index in [2.05, 4.69) is 30.2 Å². The van der Waals surface area contributed by atoms with Crippen LogP contribution in [0.3, 0.4) is 0 Å². The lowest BCUT2D eigenvalue weighted by Crippen LogP contribution is -1.96. The highest BCUT2D eigenvalue weighted by atomic mass is 16.6. The lowest BCUT2D eigenvalue weighted by molar-refractivity contribution is -0.394. The molecule has 0 spiro atoms. The van der Waals surface area contributed by atoms with Gasteiger partial charge in [-0.2, -0.15) is 0 Å². The van der Waals surface area contributed by atoms with Crippen molar-refractivity contribution in [3.63, 3.8) is 0 Å². The SMILES string of the molecule is Nc1nonc1-c1noc2nc([N+](=O)[O-])nn12. The Morgan fingerprint density at radius 1 is 1.35 bits per heavy atom. The van der Waals surface area contributed by atoms with E-state index in [1.807, 2.05) is 0 Å². The number of fused-ring (bicyclic) bond motifs is 1. The Morgan fingerprint density at radius 3 is 2.82 bits per heavy atom. The highest BCUT2D eigenvalue weighted by Gasteiger charge is 2.27. The average molecular weight is 238 g/mol. The molecule has 0 fully saturated rings. The molecule has 3 rings (SSSR count). The van der Waals surface area contributed by atoms with Gasteiger partial charge in [0, 0.05) is 5.10 Å². The summed E-state index contributed by atoms with van der Waals surface area (Å²) >= 11 is 0. The molecular formula is C5H2N8O4. The van der Waals surface area contributed by atoms with Crippen LogP contribution in [0.2, 0.25) is 0 Å². The molecular weight excluding hydrogens is 236 g/mol. The molecule has 86 valence electrons. The molecule has 0 atom stereocenters. The van der Waals surface area contributed by atoms with Crippen LogP contribution < -0.4 is 5.73 Å². The lowest BCUT2D eigenvalue weighted by atomic mass is 10.4. The molecule has 0 saturated heterocycles. The van der Waals surface area contributed by atoms with Gasteiger partial charge in [-0.25, -0.2) is 4.63 Å². The number of rotatable bonds is 2. The zero-order valence-corrected chi connectivity index (χ0v) is 7.84. The summed E-state index contributed by atoms with van der Waals surface area (Å²) < 4.78 is 10.1. The van der Waals surface area contributed by atoms with Gasteiger partial charge in [-0.05, 0) is 25.4 Å². The number of anilines is 1. The van der Waals surface area contributed by atoms with Crippen molar-refractivity contribution < 1.29 is 14.1 Å². The fourth-order valence-corrected chi connectivity index (χ4v) is 1.18. The molecule has 3 heterocycles. The predicted octanol–water partition coefficient (Wildman–Crippen LogP) is -0.742. The maximum absolute atomic E-state index is 10.5. The maximum Gasteiger partial charge on any atom is 0.495 e. The summed E-state index contributed by atoms with van der Waals surface area (Å²) in [5, 5.41) is 24.4. The van der Waals surface area contributed by atoms with Crippen LogP contribution in [0.5, 0.6) is 0 Å². The second-order valence-corrected chi connectivity index (χ2v) is 2.87. The summed E-state index contributed by atoms with van der Waals surface area (Å²) in [6.45, 7) is 0. The van der Waals surface area contributed by atoms with Crippen molar-refractivity contribution in [3.05, 3.63) is 10.1 Å². The molecule has 0 aliphatic heterocycles. The number of nitrogens with two attached hydrogens (primary N) is 1. The molecule has 0 unspecified atom stereocenters. The Balaban J connectivity index is 2.24. The number of hydrogen-bond acceptors (Lipinski definition) is 10. The predicted molar refractivity (Wildman–Crippen MR) is 47.4 cm³/mol. The van der Waals surface area contributed by atoms with Gasteiger partial charge in [0.15, 0.2) is 5.82 Å². The van der Waals surface area contributed by atoms with Crippen LogP contribution in [0.15, 0.2) is 9.15 Å². The number of nitrogen functional groups attached to an aromatic ring is 1. The number of nitro groups is 1. The van der Waals surface area contributed by atoms with Gasteiger partial charge in [-0.15, -0.1) is 0 Å². The minimum atomic E-state index is -0.767. The van der Waals surface area contributed by atoms with E-state index in [9.17, 15) is 10.1 Å². The largest absolute Gasteiger partial charge is 0.495 e. The van der Waals surface area contributed by atoms with Gasteiger partial charge in [-0.1, -0.05) is 4.52 Å². The van der Waals surface area contributed by atoms with Crippen molar-refractivity contribution in [1.29, 1.82) is 0 Å². The molecule has 3 aromatic rings. The summed E-state index contributed by atoms with van der Waals surface area (Å²) in [6.07, 6.45) is 0. The smallest absolute Gasteiger partial charge is 0.390 e. The molecule has 12 nitrogen and oxygen atoms in total. The minimum absolute atomic E-state index is 0.0133. The van der Waals surface area contributed by atoms with Crippen LogP contribution in [-0.2, 0) is 0 Å². The Kier molecular flexibility index (Phi) is 1.61. The molecule has 2 N–H and O–H groups in total. The van der Waals surface area contributed by atoms with Crippen LogP contribution >= 0.6 is 0 Å². The Bertz CT molecular complexity index is 708. The zero-order chi connectivity index (χ0) is 12.0. The number of aromatic nitrogens is 6. The molecule has 0 saturated carbocycles. The van der Waals surface area contributed by atoms with E-state index in [0.29, 0.717) is 0 Å². The summed E-state index contributed by atoms with van der Waals surface area (Å²) in [5.41, 5.74) is 5.50. The quantitative estimate of drug-likeness (QED) is 0.443. The molecule has 0 amide bonds. The van der Waals surface area contributed by atoms with Crippen LogP contribution in [0.4, 0.5) is 11.8 Å². The third-order valence-corrected chi connectivity index (χ3v) is 1.87. The van der Waals surface area contributed by atoms with Crippen molar-refractivity contribution in [3.8, 4) is 11.5 Å². The first-order valence-corrected chi connectivity index (χ1v) is 4.12. The van der Waals surface area contributed by atoms with Crippen LogP contribution in [0, 0.1) is 10.1 Å². The van der Waals surface area contributed by atoms with Crippen molar-refractivity contribution in [1.82, 2.24) is 30.1 Å². The second kappa shape index (κ2) is 2.97. The van der Waals surface area contributed by atoms with Gasteiger partial charge < -0.3 is 15.8 Å². The maximum atomic E-state index is 10.5. The van der Waals surface area contributed by atoms with Gasteiger partial charge in [0.1, 0.15) is 0 Å². The third kappa shape index (κ3) is 1.20. The van der Waals surface area contributed by atoms with Crippen LogP contribution in [-0.4, -0.2) is 35.0 Å². The fraction of sp³-hybridized carbons (Fsp3) is 0. The van der Waals surface area contributed by atoms with E-state index in [4.69, 9.17) is 10.3 Å². The first-order chi connectivity index (χ1) is 8.16. The summed E-state index contributed by atoms with van der Waals surface area (Å²) in [7, 11) is 0. The van der Waals surface area contributed by atoms with Crippen LogP contribution in [0.25, 0.3) is 17.4 Å². The molecule has 12 heteroatoms. The minimum Gasteiger partial charge on any atom is -0.390 e.